The molecule has 0 bridgehead atoms. The number of carbonyl (C=O) groups excluding carboxylic acids is 3. The lowest BCUT2D eigenvalue weighted by atomic mass is 10.1. The SMILES string of the molecule is CSCC[C@H](NC(=O)c1cccc(CNC(=O)[C@H](CS)NC(=O)OCc2ccccc2)c1)C(=O)O. The van der Waals surface area contributed by atoms with Gasteiger partial charge in [-0.15, -0.1) is 0 Å². The highest BCUT2D eigenvalue weighted by molar-refractivity contribution is 7.98. The second-order valence-corrected chi connectivity index (χ2v) is 8.86. The Balaban J connectivity index is 1.88. The molecule has 0 saturated carbocycles. The van der Waals surface area contributed by atoms with Gasteiger partial charge in [-0.25, -0.2) is 9.59 Å². The molecule has 0 radical (unpaired) electrons. The molecule has 0 aliphatic rings. The first-order chi connectivity index (χ1) is 16.8. The van der Waals surface area contributed by atoms with Gasteiger partial charge in [0.25, 0.3) is 5.91 Å². The number of aliphatic carboxylic acids is 1. The van der Waals surface area contributed by atoms with Crippen LogP contribution in [0.3, 0.4) is 0 Å². The lowest BCUT2D eigenvalue weighted by Crippen LogP contribution is -2.47. The van der Waals surface area contributed by atoms with E-state index in [0.717, 1.165) is 5.56 Å². The highest BCUT2D eigenvalue weighted by atomic mass is 32.2. The number of amides is 3. The Hall–Kier alpha value is -3.18. The van der Waals surface area contributed by atoms with Crippen molar-refractivity contribution >= 4 is 48.3 Å². The highest BCUT2D eigenvalue weighted by Gasteiger charge is 2.21. The first kappa shape index (κ1) is 28.1. The zero-order valence-electron chi connectivity index (χ0n) is 19.2. The molecule has 11 heteroatoms. The van der Waals surface area contributed by atoms with E-state index in [0.29, 0.717) is 17.7 Å². The number of carboxylic acids is 1. The van der Waals surface area contributed by atoms with Crippen LogP contribution in [0, 0.1) is 0 Å². The number of thiol groups is 1. The minimum absolute atomic E-state index is 0.0569. The molecule has 0 aliphatic carbocycles. The third kappa shape index (κ3) is 9.91. The van der Waals surface area contributed by atoms with E-state index in [1.54, 1.807) is 24.3 Å². The van der Waals surface area contributed by atoms with Crippen molar-refractivity contribution in [2.75, 3.05) is 17.8 Å². The van der Waals surface area contributed by atoms with Crippen LogP contribution in [0.25, 0.3) is 0 Å². The van der Waals surface area contributed by atoms with Crippen LogP contribution < -0.4 is 16.0 Å². The van der Waals surface area contributed by atoms with Crippen LogP contribution in [0.15, 0.2) is 54.6 Å². The van der Waals surface area contributed by atoms with Gasteiger partial charge in [0.2, 0.25) is 5.91 Å². The summed E-state index contributed by atoms with van der Waals surface area (Å²) >= 11 is 5.63. The maximum Gasteiger partial charge on any atom is 0.408 e. The monoisotopic (exact) mass is 519 g/mol. The van der Waals surface area contributed by atoms with Crippen LogP contribution in [-0.2, 0) is 27.5 Å². The summed E-state index contributed by atoms with van der Waals surface area (Å²) in [5, 5.41) is 17.0. The Morgan fingerprint density at radius 3 is 2.37 bits per heavy atom. The summed E-state index contributed by atoms with van der Waals surface area (Å²) in [5.41, 5.74) is 1.73. The molecule has 3 amide bonds. The van der Waals surface area contributed by atoms with Crippen LogP contribution in [0.5, 0.6) is 0 Å². The van der Waals surface area contributed by atoms with Crippen LogP contribution in [-0.4, -0.2) is 58.8 Å². The number of ether oxygens (including phenoxy) is 1. The average molecular weight is 520 g/mol. The Morgan fingerprint density at radius 1 is 1.00 bits per heavy atom. The molecule has 2 aromatic rings. The van der Waals surface area contributed by atoms with Gasteiger partial charge in [-0.3, -0.25) is 9.59 Å². The molecule has 0 unspecified atom stereocenters. The number of hydrogen-bond acceptors (Lipinski definition) is 7. The van der Waals surface area contributed by atoms with E-state index in [1.165, 1.54) is 11.8 Å². The number of carboxylic acid groups (broad SMARTS) is 1. The third-order valence-corrected chi connectivity index (χ3v) is 5.88. The predicted molar refractivity (Wildman–Crippen MR) is 138 cm³/mol. The van der Waals surface area contributed by atoms with Gasteiger partial charge in [0.15, 0.2) is 0 Å². The summed E-state index contributed by atoms with van der Waals surface area (Å²) in [6.07, 6.45) is 1.43. The second kappa shape index (κ2) is 14.9. The molecule has 2 atom stereocenters. The van der Waals surface area contributed by atoms with Crippen LogP contribution in [0.1, 0.15) is 27.9 Å². The summed E-state index contributed by atoms with van der Waals surface area (Å²) < 4.78 is 5.14. The smallest absolute Gasteiger partial charge is 0.408 e. The van der Waals surface area contributed by atoms with Crippen molar-refractivity contribution in [1.29, 1.82) is 0 Å². The van der Waals surface area contributed by atoms with Crippen molar-refractivity contribution in [3.63, 3.8) is 0 Å². The van der Waals surface area contributed by atoms with Crippen LogP contribution in [0.4, 0.5) is 4.79 Å². The van der Waals surface area contributed by atoms with E-state index in [2.05, 4.69) is 28.6 Å². The topological polar surface area (TPSA) is 134 Å². The molecule has 4 N–H and O–H groups in total. The van der Waals surface area contributed by atoms with Crippen molar-refractivity contribution in [3.8, 4) is 0 Å². The molecule has 0 saturated heterocycles. The van der Waals surface area contributed by atoms with E-state index in [4.69, 9.17) is 4.74 Å². The molecule has 35 heavy (non-hydrogen) atoms. The van der Waals surface area contributed by atoms with E-state index in [-0.39, 0.29) is 24.5 Å². The van der Waals surface area contributed by atoms with E-state index in [9.17, 15) is 24.3 Å². The minimum Gasteiger partial charge on any atom is -0.480 e. The zero-order chi connectivity index (χ0) is 25.6. The summed E-state index contributed by atoms with van der Waals surface area (Å²) in [4.78, 5) is 48.5. The summed E-state index contributed by atoms with van der Waals surface area (Å²) in [6.45, 7) is 0.169. The quantitative estimate of drug-likeness (QED) is 0.257. The standard InChI is InChI=1S/C24H29N3O6S2/c1-35-11-10-19(23(30)31)26-21(28)18-9-5-8-17(12-18)13-25-22(29)20(15-34)27-24(32)33-14-16-6-3-2-4-7-16/h2-9,12,19-20,34H,10-11,13-15H2,1H3,(H,25,29)(H,26,28)(H,27,32)(H,30,31)/t19-,20-/m0/s1. The van der Waals surface area contributed by atoms with Crippen molar-refractivity contribution in [2.24, 2.45) is 0 Å². The molecule has 2 aromatic carbocycles. The van der Waals surface area contributed by atoms with Gasteiger partial charge in [0, 0.05) is 17.9 Å². The van der Waals surface area contributed by atoms with Crippen molar-refractivity contribution in [3.05, 3.63) is 71.3 Å². The predicted octanol–water partition coefficient (Wildman–Crippen LogP) is 2.46. The number of benzene rings is 2. The molecular formula is C24H29N3O6S2. The van der Waals surface area contributed by atoms with Gasteiger partial charge in [0.05, 0.1) is 0 Å². The van der Waals surface area contributed by atoms with Gasteiger partial charge < -0.3 is 25.8 Å². The van der Waals surface area contributed by atoms with Crippen molar-refractivity contribution < 1.29 is 29.0 Å². The number of thioether (sulfide) groups is 1. The third-order valence-electron chi connectivity index (χ3n) is 4.87. The number of nitrogens with one attached hydrogen (secondary N) is 3. The van der Waals surface area contributed by atoms with E-state index >= 15 is 0 Å². The summed E-state index contributed by atoms with van der Waals surface area (Å²) in [5.74, 6) is -1.41. The molecule has 0 spiro atoms. The number of alkyl carbamates (subject to hydrolysis) is 1. The molecule has 0 aromatic heterocycles. The first-order valence-electron chi connectivity index (χ1n) is 10.8. The fourth-order valence-corrected chi connectivity index (χ4v) is 3.70. The van der Waals surface area contributed by atoms with Gasteiger partial charge in [-0.2, -0.15) is 24.4 Å². The van der Waals surface area contributed by atoms with Crippen LogP contribution in [0.2, 0.25) is 0 Å². The lowest BCUT2D eigenvalue weighted by Gasteiger charge is -2.17. The van der Waals surface area contributed by atoms with Crippen molar-refractivity contribution in [2.45, 2.75) is 31.7 Å². The number of rotatable bonds is 13. The highest BCUT2D eigenvalue weighted by Crippen LogP contribution is 2.08. The molecule has 2 rings (SSSR count). The molecule has 9 nitrogen and oxygen atoms in total. The van der Waals surface area contributed by atoms with Gasteiger partial charge >= 0.3 is 12.1 Å². The fraction of sp³-hybridized carbons (Fsp3) is 0.333. The molecule has 0 aliphatic heterocycles. The summed E-state index contributed by atoms with van der Waals surface area (Å²) in [6, 6.07) is 13.7. The van der Waals surface area contributed by atoms with Crippen LogP contribution >= 0.6 is 24.4 Å². The maximum absolute atomic E-state index is 12.5. The molecule has 188 valence electrons. The Kier molecular flexibility index (Phi) is 12.0. The normalized spacial score (nSPS) is 12.2. The summed E-state index contributed by atoms with van der Waals surface area (Å²) in [7, 11) is 0. The van der Waals surface area contributed by atoms with E-state index in [1.807, 2.05) is 36.6 Å². The van der Waals surface area contributed by atoms with Crippen molar-refractivity contribution in [1.82, 2.24) is 16.0 Å². The lowest BCUT2D eigenvalue weighted by molar-refractivity contribution is -0.139. The van der Waals surface area contributed by atoms with Gasteiger partial charge in [-0.05, 0) is 41.7 Å². The fourth-order valence-electron chi connectivity index (χ4n) is 2.97. The van der Waals surface area contributed by atoms with Gasteiger partial charge in [0.1, 0.15) is 18.7 Å². The first-order valence-corrected chi connectivity index (χ1v) is 12.8. The molecule has 0 fully saturated rings. The Morgan fingerprint density at radius 2 is 1.71 bits per heavy atom. The number of carbonyl (C=O) groups is 4. The molecule has 0 heterocycles. The zero-order valence-corrected chi connectivity index (χ0v) is 20.9. The Bertz CT molecular complexity index is 1010. The minimum atomic E-state index is -1.09. The van der Waals surface area contributed by atoms with Gasteiger partial charge in [-0.1, -0.05) is 42.5 Å². The second-order valence-electron chi connectivity index (χ2n) is 7.51. The maximum atomic E-state index is 12.5. The molecular weight excluding hydrogens is 490 g/mol. The number of hydrogen-bond donors (Lipinski definition) is 5. The average Bonchev–Trinajstić information content (AvgIpc) is 2.87. The largest absolute Gasteiger partial charge is 0.480 e. The Labute approximate surface area is 213 Å². The van der Waals surface area contributed by atoms with E-state index < -0.39 is 36.0 Å².